The van der Waals surface area contributed by atoms with Crippen molar-refractivity contribution in [2.24, 2.45) is 0 Å². The number of furan rings is 1. The predicted molar refractivity (Wildman–Crippen MR) is 119 cm³/mol. The molecule has 1 N–H and O–H groups in total. The molecule has 0 aliphatic rings. The van der Waals surface area contributed by atoms with Crippen molar-refractivity contribution in [1.29, 1.82) is 0 Å². The lowest BCUT2D eigenvalue weighted by Gasteiger charge is -2.06. The molecule has 0 saturated carbocycles. The third kappa shape index (κ3) is 4.11. The molecule has 7 heteroatoms. The number of amides is 1. The first-order valence-corrected chi connectivity index (χ1v) is 11.7. The lowest BCUT2D eigenvalue weighted by molar-refractivity contribution is 0.0998. The molecular weight excluding hydrogens is 408 g/mol. The van der Waals surface area contributed by atoms with E-state index in [1.165, 1.54) is 0 Å². The second-order valence-electron chi connectivity index (χ2n) is 6.13. The van der Waals surface area contributed by atoms with Gasteiger partial charge in [-0.2, -0.15) is 0 Å². The van der Waals surface area contributed by atoms with E-state index >= 15 is 0 Å². The zero-order chi connectivity index (χ0) is 19.5. The molecule has 0 bridgehead atoms. The molecule has 1 amide bonds. The average molecular weight is 427 g/mol. The number of aromatic nitrogens is 1. The van der Waals surface area contributed by atoms with Gasteiger partial charge >= 0.3 is 0 Å². The number of benzene rings is 2. The first-order chi connectivity index (χ1) is 13.6. The van der Waals surface area contributed by atoms with Crippen LogP contribution in [0.1, 0.15) is 21.8 Å². The van der Waals surface area contributed by atoms with Gasteiger partial charge in [-0.3, -0.25) is 4.79 Å². The van der Waals surface area contributed by atoms with Crippen LogP contribution in [0.5, 0.6) is 0 Å². The Labute approximate surface area is 175 Å². The van der Waals surface area contributed by atoms with Gasteiger partial charge < -0.3 is 9.73 Å². The molecule has 0 unspecified atom stereocenters. The van der Waals surface area contributed by atoms with Crippen LogP contribution in [0.15, 0.2) is 67.6 Å². The van der Waals surface area contributed by atoms with Crippen LogP contribution in [0, 0.1) is 6.92 Å². The summed E-state index contributed by atoms with van der Waals surface area (Å²) in [5, 5.41) is 5.94. The van der Waals surface area contributed by atoms with Crippen molar-refractivity contribution in [2.45, 2.75) is 21.9 Å². The van der Waals surface area contributed by atoms with E-state index < -0.39 is 0 Å². The third-order valence-corrected chi connectivity index (χ3v) is 7.10. The number of carbonyl (C=O) groups is 1. The van der Waals surface area contributed by atoms with Gasteiger partial charge in [0.15, 0.2) is 5.76 Å². The van der Waals surface area contributed by atoms with Gasteiger partial charge in [-0.25, -0.2) is 4.98 Å². The Kier molecular flexibility index (Phi) is 5.75. The lowest BCUT2D eigenvalue weighted by atomic mass is 10.1. The van der Waals surface area contributed by atoms with E-state index in [1.807, 2.05) is 67.1 Å². The van der Waals surface area contributed by atoms with Gasteiger partial charge in [-0.15, -0.1) is 23.1 Å². The fraction of sp³-hybridized carbons (Fsp3) is 0.143. The number of thiazole rings is 1. The molecule has 4 nitrogen and oxygen atoms in total. The minimum Gasteiger partial charge on any atom is -0.451 e. The highest BCUT2D eigenvalue weighted by molar-refractivity contribution is 8.00. The van der Waals surface area contributed by atoms with E-state index in [-0.39, 0.29) is 5.91 Å². The molecule has 0 aliphatic heterocycles. The quantitative estimate of drug-likeness (QED) is 0.358. The highest BCUT2D eigenvalue weighted by Crippen LogP contribution is 2.33. The zero-order valence-electron chi connectivity index (χ0n) is 15.4. The summed E-state index contributed by atoms with van der Waals surface area (Å²) in [6.45, 7) is 1.98. The number of thioether (sulfide) groups is 2. The van der Waals surface area contributed by atoms with E-state index in [2.05, 4.69) is 10.3 Å². The maximum atomic E-state index is 12.9. The summed E-state index contributed by atoms with van der Waals surface area (Å²) in [5.41, 5.74) is 3.37. The van der Waals surface area contributed by atoms with Crippen LogP contribution in [-0.2, 0) is 5.75 Å². The van der Waals surface area contributed by atoms with Crippen molar-refractivity contribution in [1.82, 2.24) is 4.98 Å². The first kappa shape index (κ1) is 19.1. The molecule has 0 aliphatic carbocycles. The summed E-state index contributed by atoms with van der Waals surface area (Å²) in [5.74, 6) is 0.743. The number of anilines is 1. The maximum absolute atomic E-state index is 12.9. The second kappa shape index (κ2) is 8.43. The van der Waals surface area contributed by atoms with E-state index in [1.54, 1.807) is 34.9 Å². The van der Waals surface area contributed by atoms with Crippen molar-refractivity contribution in [3.8, 4) is 0 Å². The van der Waals surface area contributed by atoms with E-state index in [0.29, 0.717) is 11.5 Å². The van der Waals surface area contributed by atoms with Gasteiger partial charge in [-0.05, 0) is 43.5 Å². The van der Waals surface area contributed by atoms with Gasteiger partial charge in [0.2, 0.25) is 0 Å². The number of nitrogens with zero attached hydrogens (tertiary/aromatic N) is 1. The Morgan fingerprint density at radius 1 is 1.18 bits per heavy atom. The normalized spacial score (nSPS) is 11.1. The summed E-state index contributed by atoms with van der Waals surface area (Å²) >= 11 is 4.90. The minimum absolute atomic E-state index is 0.237. The summed E-state index contributed by atoms with van der Waals surface area (Å²) in [6, 6.07) is 15.5. The van der Waals surface area contributed by atoms with Crippen LogP contribution in [0.3, 0.4) is 0 Å². The topological polar surface area (TPSA) is 55.1 Å². The number of fused-ring (bicyclic) bond motifs is 1. The first-order valence-electron chi connectivity index (χ1n) is 8.65. The average Bonchev–Trinajstić information content (AvgIpc) is 3.30. The molecule has 0 saturated heterocycles. The Morgan fingerprint density at radius 2 is 1.96 bits per heavy atom. The summed E-state index contributed by atoms with van der Waals surface area (Å²) in [6.07, 6.45) is 2.02. The molecule has 28 heavy (non-hydrogen) atoms. The number of para-hydroxylation sites is 1. The van der Waals surface area contributed by atoms with E-state index in [9.17, 15) is 4.79 Å². The van der Waals surface area contributed by atoms with Crippen molar-refractivity contribution in [3.05, 3.63) is 70.9 Å². The SMILES string of the molecule is CSc1ccc(NC(=O)c2oc3ccccc3c2CSc2nc(C)cs2)cc1. The predicted octanol–water partition coefficient (Wildman–Crippen LogP) is 6.46. The number of hydrogen-bond donors (Lipinski definition) is 1. The van der Waals surface area contributed by atoms with Crippen LogP contribution in [-0.4, -0.2) is 17.1 Å². The van der Waals surface area contributed by atoms with Crippen LogP contribution < -0.4 is 5.32 Å². The van der Waals surface area contributed by atoms with Gasteiger partial charge in [0, 0.05) is 38.4 Å². The highest BCUT2D eigenvalue weighted by Gasteiger charge is 2.21. The van der Waals surface area contributed by atoms with Crippen molar-refractivity contribution in [3.63, 3.8) is 0 Å². The monoisotopic (exact) mass is 426 g/mol. The molecule has 142 valence electrons. The van der Waals surface area contributed by atoms with Crippen LogP contribution in [0.25, 0.3) is 11.0 Å². The molecule has 4 aromatic rings. The summed E-state index contributed by atoms with van der Waals surface area (Å²) < 4.78 is 6.91. The molecule has 2 aromatic heterocycles. The Morgan fingerprint density at radius 3 is 2.68 bits per heavy atom. The molecule has 0 atom stereocenters. The standard InChI is InChI=1S/C21H18N2O2S3/c1-13-11-27-21(22-13)28-12-17-16-5-3-4-6-18(16)25-19(17)20(24)23-14-7-9-15(26-2)10-8-14/h3-11H,12H2,1-2H3,(H,23,24). The lowest BCUT2D eigenvalue weighted by Crippen LogP contribution is -2.12. The van der Waals surface area contributed by atoms with Crippen LogP contribution >= 0.6 is 34.9 Å². The molecule has 2 aromatic carbocycles. The number of aryl methyl sites for hydroxylation is 1. The smallest absolute Gasteiger partial charge is 0.291 e. The maximum Gasteiger partial charge on any atom is 0.291 e. The Balaban J connectivity index is 1.61. The second-order valence-corrected chi connectivity index (χ2v) is 9.09. The Hall–Kier alpha value is -2.22. The van der Waals surface area contributed by atoms with Gasteiger partial charge in [0.1, 0.15) is 9.92 Å². The highest BCUT2D eigenvalue weighted by atomic mass is 32.2. The largest absolute Gasteiger partial charge is 0.451 e. The number of hydrogen-bond acceptors (Lipinski definition) is 6. The van der Waals surface area contributed by atoms with Crippen molar-refractivity contribution < 1.29 is 9.21 Å². The number of carbonyl (C=O) groups excluding carboxylic acids is 1. The number of rotatable bonds is 6. The van der Waals surface area contributed by atoms with E-state index in [4.69, 9.17) is 4.42 Å². The fourth-order valence-corrected chi connectivity index (χ4v) is 5.11. The van der Waals surface area contributed by atoms with Crippen LogP contribution in [0.2, 0.25) is 0 Å². The zero-order valence-corrected chi connectivity index (χ0v) is 17.8. The Bertz CT molecular complexity index is 1120. The molecule has 4 rings (SSSR count). The van der Waals surface area contributed by atoms with Crippen LogP contribution in [0.4, 0.5) is 5.69 Å². The molecule has 0 fully saturated rings. The van der Waals surface area contributed by atoms with E-state index in [0.717, 1.165) is 37.1 Å². The van der Waals surface area contributed by atoms with Gasteiger partial charge in [0.25, 0.3) is 5.91 Å². The molecule has 0 spiro atoms. The van der Waals surface area contributed by atoms with Gasteiger partial charge in [-0.1, -0.05) is 30.0 Å². The van der Waals surface area contributed by atoms with Crippen molar-refractivity contribution in [2.75, 3.05) is 11.6 Å². The fourth-order valence-electron chi connectivity index (χ4n) is 2.82. The summed E-state index contributed by atoms with van der Waals surface area (Å²) in [7, 11) is 0. The molecule has 0 radical (unpaired) electrons. The summed E-state index contributed by atoms with van der Waals surface area (Å²) in [4.78, 5) is 18.6. The minimum atomic E-state index is -0.237. The van der Waals surface area contributed by atoms with Crippen molar-refractivity contribution >= 4 is 57.4 Å². The molecular formula is C21H18N2O2S3. The third-order valence-electron chi connectivity index (χ3n) is 4.19. The number of nitrogens with one attached hydrogen (secondary N) is 1. The molecule has 2 heterocycles. The van der Waals surface area contributed by atoms with Gasteiger partial charge in [0.05, 0.1) is 0 Å².